The minimum absolute atomic E-state index is 0.110. The van der Waals surface area contributed by atoms with Crippen LogP contribution in [-0.2, 0) is 0 Å². The van der Waals surface area contributed by atoms with Crippen molar-refractivity contribution in [2.75, 3.05) is 6.54 Å². The van der Waals surface area contributed by atoms with Crippen LogP contribution in [0.4, 0.5) is 0 Å². The fourth-order valence-electron chi connectivity index (χ4n) is 3.22. The van der Waals surface area contributed by atoms with E-state index in [0.717, 1.165) is 12.0 Å². The van der Waals surface area contributed by atoms with Gasteiger partial charge < -0.3 is 10.8 Å². The van der Waals surface area contributed by atoms with Gasteiger partial charge in [-0.3, -0.25) is 0 Å². The molecule has 0 spiro atoms. The molecule has 0 radical (unpaired) electrons. The molecule has 0 saturated heterocycles. The van der Waals surface area contributed by atoms with Crippen LogP contribution in [0.25, 0.3) is 0 Å². The fraction of sp³-hybridized carbons (Fsp3) is 0.625. The molecule has 20 heavy (non-hydrogen) atoms. The summed E-state index contributed by atoms with van der Waals surface area (Å²) in [6.07, 6.45) is 6.74. The maximum atomic E-state index is 10.5. The topological polar surface area (TPSA) is 46.2 Å². The first kappa shape index (κ1) is 16.1. The Bertz CT molecular complexity index is 432. The van der Waals surface area contributed by atoms with Crippen molar-refractivity contribution in [1.29, 1.82) is 0 Å². The molecule has 1 saturated carbocycles. The highest BCUT2D eigenvalue weighted by molar-refractivity contribution is 6.35. The van der Waals surface area contributed by atoms with Crippen molar-refractivity contribution in [1.82, 2.24) is 0 Å². The van der Waals surface area contributed by atoms with Gasteiger partial charge >= 0.3 is 0 Å². The Kier molecular flexibility index (Phi) is 6.16. The van der Waals surface area contributed by atoms with Gasteiger partial charge in [-0.05, 0) is 30.0 Å². The molecule has 3 N–H and O–H groups in total. The lowest BCUT2D eigenvalue weighted by atomic mass is 9.81. The van der Waals surface area contributed by atoms with Gasteiger partial charge in [-0.2, -0.15) is 0 Å². The third-order valence-corrected chi connectivity index (χ3v) is 4.94. The molecule has 4 heteroatoms. The second-order valence-electron chi connectivity index (χ2n) is 5.82. The summed E-state index contributed by atoms with van der Waals surface area (Å²) in [7, 11) is 0. The van der Waals surface area contributed by atoms with E-state index in [1.807, 2.05) is 6.07 Å². The molecule has 2 atom stereocenters. The van der Waals surface area contributed by atoms with Gasteiger partial charge in [0.1, 0.15) is 0 Å². The molecule has 0 aromatic heterocycles. The van der Waals surface area contributed by atoms with Crippen molar-refractivity contribution in [2.45, 2.75) is 50.5 Å². The number of hydrogen-bond acceptors (Lipinski definition) is 2. The second kappa shape index (κ2) is 7.65. The molecule has 1 aliphatic rings. The average molecular weight is 316 g/mol. The van der Waals surface area contributed by atoms with Crippen LogP contribution in [0.15, 0.2) is 18.2 Å². The molecule has 0 bridgehead atoms. The number of hydrogen-bond donors (Lipinski definition) is 2. The molecule has 1 fully saturated rings. The van der Waals surface area contributed by atoms with Crippen LogP contribution in [-0.4, -0.2) is 17.8 Å². The summed E-state index contributed by atoms with van der Waals surface area (Å²) in [6.45, 7) is 0.398. The lowest BCUT2D eigenvalue weighted by molar-refractivity contribution is 0.106. The number of aliphatic hydroxyl groups excluding tert-OH is 1. The monoisotopic (exact) mass is 315 g/mol. The predicted octanol–water partition coefficient (Wildman–Crippen LogP) is 4.37. The van der Waals surface area contributed by atoms with Crippen LogP contribution < -0.4 is 5.73 Å². The highest BCUT2D eigenvalue weighted by Crippen LogP contribution is 2.34. The third-order valence-electron chi connectivity index (χ3n) is 4.38. The van der Waals surface area contributed by atoms with Gasteiger partial charge in [0.2, 0.25) is 0 Å². The molecule has 112 valence electrons. The van der Waals surface area contributed by atoms with E-state index in [2.05, 4.69) is 0 Å². The first-order valence-corrected chi connectivity index (χ1v) is 8.20. The zero-order chi connectivity index (χ0) is 14.5. The van der Waals surface area contributed by atoms with Gasteiger partial charge in [0.05, 0.1) is 6.10 Å². The van der Waals surface area contributed by atoms with Gasteiger partial charge in [-0.15, -0.1) is 0 Å². The molecule has 2 unspecified atom stereocenters. The normalized spacial score (nSPS) is 19.8. The van der Waals surface area contributed by atoms with Gasteiger partial charge in [0.25, 0.3) is 0 Å². The number of rotatable bonds is 5. The molecular formula is C16H23Cl2NO. The van der Waals surface area contributed by atoms with Crippen molar-refractivity contribution in [3.05, 3.63) is 33.8 Å². The quantitative estimate of drug-likeness (QED) is 0.847. The molecular weight excluding hydrogens is 293 g/mol. The molecule has 1 aromatic carbocycles. The summed E-state index contributed by atoms with van der Waals surface area (Å²) in [6, 6.07) is 5.40. The Morgan fingerprint density at radius 2 is 1.90 bits per heavy atom. The third kappa shape index (κ3) is 4.11. The number of nitrogens with two attached hydrogens (primary N) is 1. The highest BCUT2D eigenvalue weighted by atomic mass is 35.5. The van der Waals surface area contributed by atoms with Crippen molar-refractivity contribution < 1.29 is 5.11 Å². The van der Waals surface area contributed by atoms with E-state index in [9.17, 15) is 5.11 Å². The fourth-order valence-corrected chi connectivity index (χ4v) is 3.77. The van der Waals surface area contributed by atoms with Crippen LogP contribution in [0.3, 0.4) is 0 Å². The smallest absolute Gasteiger partial charge is 0.0624 e. The largest absolute Gasteiger partial charge is 0.392 e. The Morgan fingerprint density at radius 3 is 2.50 bits per heavy atom. The van der Waals surface area contributed by atoms with E-state index in [4.69, 9.17) is 28.9 Å². The molecule has 0 amide bonds. The maximum Gasteiger partial charge on any atom is 0.0624 e. The lowest BCUT2D eigenvalue weighted by Crippen LogP contribution is -2.28. The van der Waals surface area contributed by atoms with Gasteiger partial charge in [-0.25, -0.2) is 0 Å². The molecule has 1 aromatic rings. The Hall–Kier alpha value is -0.280. The minimum Gasteiger partial charge on any atom is -0.392 e. The summed E-state index contributed by atoms with van der Waals surface area (Å²) < 4.78 is 0. The van der Waals surface area contributed by atoms with E-state index in [1.165, 1.54) is 32.1 Å². The lowest BCUT2D eigenvalue weighted by Gasteiger charge is -2.28. The first-order valence-electron chi connectivity index (χ1n) is 7.45. The molecule has 1 aliphatic carbocycles. The van der Waals surface area contributed by atoms with E-state index >= 15 is 0 Å². The summed E-state index contributed by atoms with van der Waals surface area (Å²) >= 11 is 12.2. The van der Waals surface area contributed by atoms with Crippen LogP contribution in [0.5, 0.6) is 0 Å². The van der Waals surface area contributed by atoms with Crippen LogP contribution in [0.2, 0.25) is 10.0 Å². The van der Waals surface area contributed by atoms with Gasteiger partial charge in [-0.1, -0.05) is 61.4 Å². The number of aliphatic hydroxyl groups is 1. The Balaban J connectivity index is 2.06. The highest BCUT2D eigenvalue weighted by Gasteiger charge is 2.26. The summed E-state index contributed by atoms with van der Waals surface area (Å²) in [5.41, 5.74) is 6.77. The minimum atomic E-state index is -0.429. The van der Waals surface area contributed by atoms with Crippen LogP contribution >= 0.6 is 23.2 Å². The summed E-state index contributed by atoms with van der Waals surface area (Å²) in [4.78, 5) is 0. The molecule has 0 aliphatic heterocycles. The van der Waals surface area contributed by atoms with Crippen LogP contribution in [0.1, 0.15) is 50.0 Å². The first-order chi connectivity index (χ1) is 9.61. The summed E-state index contributed by atoms with van der Waals surface area (Å²) in [5, 5.41) is 11.7. The molecule has 2 nitrogen and oxygen atoms in total. The van der Waals surface area contributed by atoms with E-state index in [0.29, 0.717) is 22.5 Å². The standard InChI is InChI=1S/C16H23Cl2NO/c17-12-6-7-13(15(18)9-12)14(10-19)16(20)8-11-4-2-1-3-5-11/h6-7,9,11,14,16,20H,1-5,8,10,19H2. The second-order valence-corrected chi connectivity index (χ2v) is 6.66. The van der Waals surface area contributed by atoms with Crippen LogP contribution in [0, 0.1) is 5.92 Å². The number of benzene rings is 1. The van der Waals surface area contributed by atoms with Crippen molar-refractivity contribution in [3.8, 4) is 0 Å². The SMILES string of the molecule is NCC(c1ccc(Cl)cc1Cl)C(O)CC1CCCCC1. The Morgan fingerprint density at radius 1 is 1.20 bits per heavy atom. The van der Waals surface area contributed by atoms with E-state index < -0.39 is 6.10 Å². The van der Waals surface area contributed by atoms with Crippen molar-refractivity contribution in [3.63, 3.8) is 0 Å². The van der Waals surface area contributed by atoms with Gasteiger partial charge in [0.15, 0.2) is 0 Å². The molecule has 0 heterocycles. The van der Waals surface area contributed by atoms with E-state index in [1.54, 1.807) is 12.1 Å². The summed E-state index contributed by atoms with van der Waals surface area (Å²) in [5.74, 6) is 0.514. The Labute approximate surface area is 131 Å². The maximum absolute atomic E-state index is 10.5. The van der Waals surface area contributed by atoms with Crippen molar-refractivity contribution in [2.24, 2.45) is 11.7 Å². The predicted molar refractivity (Wildman–Crippen MR) is 85.5 cm³/mol. The van der Waals surface area contributed by atoms with Crippen molar-refractivity contribution >= 4 is 23.2 Å². The zero-order valence-corrected chi connectivity index (χ0v) is 13.2. The van der Waals surface area contributed by atoms with E-state index in [-0.39, 0.29) is 5.92 Å². The average Bonchev–Trinajstić information content (AvgIpc) is 2.43. The zero-order valence-electron chi connectivity index (χ0n) is 11.7. The number of halogens is 2. The molecule has 2 rings (SSSR count). The van der Waals surface area contributed by atoms with Gasteiger partial charge in [0, 0.05) is 22.5 Å².